The van der Waals surface area contributed by atoms with Crippen LogP contribution in [-0.2, 0) is 0 Å². The fourth-order valence-corrected chi connectivity index (χ4v) is 3.52. The lowest BCUT2D eigenvalue weighted by Gasteiger charge is -2.25. The normalized spacial score (nSPS) is 12.5. The quantitative estimate of drug-likeness (QED) is 0.402. The van der Waals surface area contributed by atoms with E-state index in [9.17, 15) is 9.90 Å². The zero-order chi connectivity index (χ0) is 23.2. The Morgan fingerprint density at radius 1 is 0.939 bits per heavy atom. The van der Waals surface area contributed by atoms with Crippen LogP contribution in [0.4, 0.5) is 5.82 Å². The van der Waals surface area contributed by atoms with E-state index in [1.807, 2.05) is 72.8 Å². The van der Waals surface area contributed by atoms with Crippen molar-refractivity contribution >= 4 is 11.7 Å². The van der Waals surface area contributed by atoms with Gasteiger partial charge in [-0.25, -0.2) is 9.97 Å². The molecule has 7 nitrogen and oxygen atoms in total. The summed E-state index contributed by atoms with van der Waals surface area (Å²) >= 11 is 0. The number of carbonyl (C=O) groups is 1. The second kappa shape index (κ2) is 9.93. The van der Waals surface area contributed by atoms with Crippen molar-refractivity contribution in [2.24, 2.45) is 0 Å². The van der Waals surface area contributed by atoms with Gasteiger partial charge in [0.05, 0.1) is 25.0 Å². The fraction of sp³-hybridized carbons (Fsp3) is 0.115. The number of amides is 1. The summed E-state index contributed by atoms with van der Waals surface area (Å²) in [4.78, 5) is 21.9. The van der Waals surface area contributed by atoms with Gasteiger partial charge in [0, 0.05) is 5.56 Å². The molecule has 4 N–H and O–H groups in total. The summed E-state index contributed by atoms with van der Waals surface area (Å²) in [6, 6.07) is 25.0. The van der Waals surface area contributed by atoms with Gasteiger partial charge in [0.25, 0.3) is 5.91 Å². The van der Waals surface area contributed by atoms with Crippen molar-refractivity contribution in [2.75, 3.05) is 12.8 Å². The maximum atomic E-state index is 13.2. The van der Waals surface area contributed by atoms with Crippen molar-refractivity contribution in [3.8, 4) is 17.0 Å². The van der Waals surface area contributed by atoms with Crippen molar-refractivity contribution in [3.63, 3.8) is 0 Å². The van der Waals surface area contributed by atoms with Crippen LogP contribution < -0.4 is 15.8 Å². The van der Waals surface area contributed by atoms with Crippen molar-refractivity contribution < 1.29 is 14.6 Å². The number of nitrogens with zero attached hydrogens (tertiary/aromatic N) is 2. The Morgan fingerprint density at radius 3 is 2.15 bits per heavy atom. The molecular formula is C26H24N4O3. The van der Waals surface area contributed by atoms with Crippen LogP contribution in [0, 0.1) is 0 Å². The number of benzene rings is 3. The highest BCUT2D eigenvalue weighted by molar-refractivity contribution is 5.97. The Labute approximate surface area is 191 Å². The molecule has 0 aliphatic heterocycles. The molecule has 4 rings (SSSR count). The van der Waals surface area contributed by atoms with Crippen LogP contribution in [0.2, 0.25) is 0 Å². The maximum Gasteiger partial charge on any atom is 0.274 e. The van der Waals surface area contributed by atoms with E-state index in [-0.39, 0.29) is 11.5 Å². The van der Waals surface area contributed by atoms with Gasteiger partial charge in [-0.3, -0.25) is 4.79 Å². The maximum absolute atomic E-state index is 13.2. The van der Waals surface area contributed by atoms with E-state index < -0.39 is 18.1 Å². The number of nitrogen functional groups attached to an aromatic ring is 1. The second-order valence-corrected chi connectivity index (χ2v) is 7.43. The molecule has 0 aliphatic carbocycles. The van der Waals surface area contributed by atoms with E-state index >= 15 is 0 Å². The minimum absolute atomic E-state index is 0.00535. The summed E-state index contributed by atoms with van der Waals surface area (Å²) in [6.07, 6.45) is 0.540. The first-order chi connectivity index (χ1) is 16.1. The van der Waals surface area contributed by atoms with E-state index in [0.29, 0.717) is 17.0 Å². The zero-order valence-corrected chi connectivity index (χ0v) is 18.1. The summed E-state index contributed by atoms with van der Waals surface area (Å²) < 4.78 is 5.19. The summed E-state index contributed by atoms with van der Waals surface area (Å²) in [7, 11) is 1.59. The first kappa shape index (κ1) is 22.0. The van der Waals surface area contributed by atoms with Crippen molar-refractivity contribution in [1.82, 2.24) is 15.3 Å². The van der Waals surface area contributed by atoms with Gasteiger partial charge in [-0.05, 0) is 35.4 Å². The molecule has 0 unspecified atom stereocenters. The minimum atomic E-state index is -0.975. The molecule has 33 heavy (non-hydrogen) atoms. The predicted molar refractivity (Wildman–Crippen MR) is 126 cm³/mol. The standard InChI is InChI=1S/C26H24N4O3/c1-33-20-14-12-17(13-15-20)21-16-28-25(27)23(29-21)26(32)30-22(18-8-4-2-5-9-18)24(31)19-10-6-3-7-11-19/h2-16,22,24,31H,1H3,(H2,27,28)(H,30,32)/t22-,24+/m0/s1. The Bertz CT molecular complexity index is 1220. The molecule has 0 radical (unpaired) electrons. The smallest absolute Gasteiger partial charge is 0.274 e. The third-order valence-electron chi connectivity index (χ3n) is 5.30. The van der Waals surface area contributed by atoms with Crippen LogP contribution in [0.15, 0.2) is 91.1 Å². The molecule has 0 bridgehead atoms. The van der Waals surface area contributed by atoms with Gasteiger partial charge in [-0.1, -0.05) is 60.7 Å². The third-order valence-corrected chi connectivity index (χ3v) is 5.30. The number of carbonyl (C=O) groups excluding carboxylic acids is 1. The highest BCUT2D eigenvalue weighted by Crippen LogP contribution is 2.29. The second-order valence-electron chi connectivity index (χ2n) is 7.43. The minimum Gasteiger partial charge on any atom is -0.497 e. The van der Waals surface area contributed by atoms with Gasteiger partial charge in [0.15, 0.2) is 11.5 Å². The van der Waals surface area contributed by atoms with E-state index in [0.717, 1.165) is 11.1 Å². The molecule has 7 heteroatoms. The molecule has 166 valence electrons. The molecule has 1 aromatic heterocycles. The third kappa shape index (κ3) is 4.99. The van der Waals surface area contributed by atoms with Gasteiger partial charge in [-0.15, -0.1) is 0 Å². The highest BCUT2D eigenvalue weighted by atomic mass is 16.5. The number of aromatic nitrogens is 2. The summed E-state index contributed by atoms with van der Waals surface area (Å²) in [6.45, 7) is 0. The van der Waals surface area contributed by atoms with Crippen LogP contribution in [0.1, 0.15) is 33.8 Å². The molecule has 0 saturated carbocycles. The highest BCUT2D eigenvalue weighted by Gasteiger charge is 2.26. The number of nitrogens with one attached hydrogen (secondary N) is 1. The lowest BCUT2D eigenvalue weighted by molar-refractivity contribution is 0.0827. The number of nitrogens with two attached hydrogens (primary N) is 1. The first-order valence-electron chi connectivity index (χ1n) is 10.4. The average molecular weight is 441 g/mol. The van der Waals surface area contributed by atoms with Crippen LogP contribution in [-0.4, -0.2) is 28.1 Å². The lowest BCUT2D eigenvalue weighted by atomic mass is 9.95. The van der Waals surface area contributed by atoms with E-state index in [1.54, 1.807) is 19.2 Å². The van der Waals surface area contributed by atoms with Crippen molar-refractivity contribution in [2.45, 2.75) is 12.1 Å². The topological polar surface area (TPSA) is 110 Å². The van der Waals surface area contributed by atoms with Crippen molar-refractivity contribution in [3.05, 3.63) is 108 Å². The van der Waals surface area contributed by atoms with E-state index in [4.69, 9.17) is 10.5 Å². The molecule has 0 spiro atoms. The molecule has 0 aliphatic rings. The molecule has 2 atom stereocenters. The zero-order valence-electron chi connectivity index (χ0n) is 18.1. The van der Waals surface area contributed by atoms with Gasteiger partial charge >= 0.3 is 0 Å². The van der Waals surface area contributed by atoms with Gasteiger partial charge in [0.1, 0.15) is 11.9 Å². The fourth-order valence-electron chi connectivity index (χ4n) is 3.52. The van der Waals surface area contributed by atoms with E-state index in [1.165, 1.54) is 6.20 Å². The number of hydrogen-bond acceptors (Lipinski definition) is 6. The molecule has 4 aromatic rings. The lowest BCUT2D eigenvalue weighted by Crippen LogP contribution is -2.34. The van der Waals surface area contributed by atoms with Crippen LogP contribution in [0.25, 0.3) is 11.3 Å². The van der Waals surface area contributed by atoms with Crippen LogP contribution >= 0.6 is 0 Å². The number of ether oxygens (including phenoxy) is 1. The SMILES string of the molecule is COc1ccc(-c2cnc(N)c(C(=O)N[C@@H](c3ccccc3)[C@H](O)c3ccccc3)n2)cc1. The summed E-state index contributed by atoms with van der Waals surface area (Å²) in [5.41, 5.74) is 8.68. The Hall–Kier alpha value is -4.23. The molecule has 0 saturated heterocycles. The summed E-state index contributed by atoms with van der Waals surface area (Å²) in [5.74, 6) is 0.186. The summed E-state index contributed by atoms with van der Waals surface area (Å²) in [5, 5.41) is 14.0. The number of anilines is 1. The number of aliphatic hydroxyl groups excluding tert-OH is 1. The number of aliphatic hydroxyl groups is 1. The average Bonchev–Trinajstić information content (AvgIpc) is 2.88. The Kier molecular flexibility index (Phi) is 6.61. The van der Waals surface area contributed by atoms with Gasteiger partial charge < -0.3 is 20.9 Å². The monoisotopic (exact) mass is 440 g/mol. The molecular weight excluding hydrogens is 416 g/mol. The molecule has 1 heterocycles. The molecule has 0 fully saturated rings. The van der Waals surface area contributed by atoms with Crippen LogP contribution in [0.3, 0.4) is 0 Å². The first-order valence-corrected chi connectivity index (χ1v) is 10.4. The number of hydrogen-bond donors (Lipinski definition) is 3. The molecule has 3 aromatic carbocycles. The largest absolute Gasteiger partial charge is 0.497 e. The Morgan fingerprint density at radius 2 is 1.55 bits per heavy atom. The van der Waals surface area contributed by atoms with Crippen LogP contribution in [0.5, 0.6) is 5.75 Å². The van der Waals surface area contributed by atoms with Gasteiger partial charge in [-0.2, -0.15) is 0 Å². The number of methoxy groups -OCH3 is 1. The van der Waals surface area contributed by atoms with E-state index in [2.05, 4.69) is 15.3 Å². The Balaban J connectivity index is 1.65. The molecule has 1 amide bonds. The predicted octanol–water partition coefficient (Wildman–Crippen LogP) is 3.94. The van der Waals surface area contributed by atoms with Crippen molar-refractivity contribution in [1.29, 1.82) is 0 Å². The number of rotatable bonds is 7. The van der Waals surface area contributed by atoms with Gasteiger partial charge in [0.2, 0.25) is 0 Å².